The molecule has 0 atom stereocenters. The maximum absolute atomic E-state index is 14.3. The van der Waals surface area contributed by atoms with Crippen LogP contribution in [0.3, 0.4) is 0 Å². The van der Waals surface area contributed by atoms with Crippen LogP contribution in [0, 0.1) is 12.7 Å². The van der Waals surface area contributed by atoms with Gasteiger partial charge in [0.25, 0.3) is 5.56 Å². The molecule has 0 amide bonds. The standard InChI is InChI=1S/C17H11F4N5OS/c1-8-14(15-22-7-23-25-15)26-12(27)6-10(24-16(26)28-8)5-9-3-2-4-11(13(9)18)17(19,20)21/h2-4,6-7H,5H2,1H3,(H,22,23,25). The molecule has 0 fully saturated rings. The number of nitrogens with one attached hydrogen (secondary N) is 1. The van der Waals surface area contributed by atoms with Gasteiger partial charge in [-0.2, -0.15) is 18.3 Å². The fraction of sp³-hybridized carbons (Fsp3) is 0.176. The molecule has 0 spiro atoms. The van der Waals surface area contributed by atoms with Crippen LogP contribution in [0.25, 0.3) is 16.5 Å². The third kappa shape index (κ3) is 3.07. The van der Waals surface area contributed by atoms with E-state index in [1.165, 1.54) is 34.2 Å². The minimum Gasteiger partial charge on any atom is -0.269 e. The summed E-state index contributed by atoms with van der Waals surface area (Å²) in [7, 11) is 0. The minimum atomic E-state index is -4.80. The number of aryl methyl sites for hydroxylation is 1. The molecule has 4 aromatic rings. The van der Waals surface area contributed by atoms with Gasteiger partial charge in [-0.1, -0.05) is 12.1 Å². The molecule has 0 aliphatic rings. The first-order valence-corrected chi connectivity index (χ1v) is 8.79. The van der Waals surface area contributed by atoms with Crippen LogP contribution in [0.15, 0.2) is 35.4 Å². The summed E-state index contributed by atoms with van der Waals surface area (Å²) in [6.45, 7) is 1.78. The summed E-state index contributed by atoms with van der Waals surface area (Å²) in [5.41, 5.74) is -1.29. The summed E-state index contributed by atoms with van der Waals surface area (Å²) in [5.74, 6) is -0.967. The summed E-state index contributed by atoms with van der Waals surface area (Å²) in [5, 5.41) is 6.45. The predicted molar refractivity (Wildman–Crippen MR) is 93.7 cm³/mol. The summed E-state index contributed by atoms with van der Waals surface area (Å²) >= 11 is 1.22. The van der Waals surface area contributed by atoms with Gasteiger partial charge in [-0.15, -0.1) is 11.3 Å². The lowest BCUT2D eigenvalue weighted by Crippen LogP contribution is -2.16. The third-order valence-electron chi connectivity index (χ3n) is 4.14. The van der Waals surface area contributed by atoms with Crippen molar-refractivity contribution in [2.45, 2.75) is 19.5 Å². The van der Waals surface area contributed by atoms with Crippen molar-refractivity contribution < 1.29 is 17.6 Å². The number of hydrogen-bond donors (Lipinski definition) is 1. The number of aromatic amines is 1. The van der Waals surface area contributed by atoms with Crippen LogP contribution < -0.4 is 5.56 Å². The van der Waals surface area contributed by atoms with E-state index in [1.807, 2.05) is 0 Å². The molecule has 6 nitrogen and oxygen atoms in total. The maximum atomic E-state index is 14.3. The fourth-order valence-corrected chi connectivity index (χ4v) is 3.93. The molecule has 3 aromatic heterocycles. The quantitative estimate of drug-likeness (QED) is 0.525. The molecule has 0 radical (unpaired) electrons. The van der Waals surface area contributed by atoms with Crippen LogP contribution in [0.5, 0.6) is 0 Å². The van der Waals surface area contributed by atoms with E-state index in [0.717, 1.165) is 10.9 Å². The Kier molecular flexibility index (Phi) is 4.26. The zero-order valence-corrected chi connectivity index (χ0v) is 15.0. The number of rotatable bonds is 3. The summed E-state index contributed by atoms with van der Waals surface area (Å²) in [6, 6.07) is 4.23. The molecule has 0 aliphatic heterocycles. The lowest BCUT2D eigenvalue weighted by Gasteiger charge is -2.11. The van der Waals surface area contributed by atoms with Gasteiger partial charge in [0.1, 0.15) is 17.8 Å². The number of thiazole rings is 1. The molecule has 144 valence electrons. The van der Waals surface area contributed by atoms with E-state index >= 15 is 0 Å². The average molecular weight is 409 g/mol. The van der Waals surface area contributed by atoms with E-state index in [2.05, 4.69) is 20.2 Å². The Morgan fingerprint density at radius 3 is 2.75 bits per heavy atom. The summed E-state index contributed by atoms with van der Waals surface area (Å²) in [4.78, 5) is 22.1. The Labute approximate surface area is 158 Å². The number of hydrogen-bond acceptors (Lipinski definition) is 5. The zero-order valence-electron chi connectivity index (χ0n) is 14.2. The predicted octanol–water partition coefficient (Wildman–Crippen LogP) is 3.60. The van der Waals surface area contributed by atoms with Gasteiger partial charge in [0.2, 0.25) is 0 Å². The van der Waals surface area contributed by atoms with Gasteiger partial charge in [-0.25, -0.2) is 18.8 Å². The van der Waals surface area contributed by atoms with Crippen molar-refractivity contribution in [3.05, 3.63) is 68.5 Å². The Morgan fingerprint density at radius 1 is 1.29 bits per heavy atom. The van der Waals surface area contributed by atoms with Crippen LogP contribution in [-0.2, 0) is 12.6 Å². The molecule has 0 unspecified atom stereocenters. The summed E-state index contributed by atoms with van der Waals surface area (Å²) < 4.78 is 54.3. The second-order valence-electron chi connectivity index (χ2n) is 6.00. The SMILES string of the molecule is Cc1sc2nc(Cc3cccc(C(F)(F)F)c3F)cc(=O)n2c1-c1ncn[nH]1. The molecule has 1 N–H and O–H groups in total. The minimum absolute atomic E-state index is 0.175. The van der Waals surface area contributed by atoms with Gasteiger partial charge < -0.3 is 0 Å². The molecule has 0 aliphatic carbocycles. The van der Waals surface area contributed by atoms with Crippen molar-refractivity contribution in [2.75, 3.05) is 0 Å². The van der Waals surface area contributed by atoms with Gasteiger partial charge in [0, 0.05) is 17.4 Å². The second-order valence-corrected chi connectivity index (χ2v) is 7.18. The molecule has 28 heavy (non-hydrogen) atoms. The number of benzene rings is 1. The number of alkyl halides is 3. The largest absolute Gasteiger partial charge is 0.419 e. The van der Waals surface area contributed by atoms with Gasteiger partial charge >= 0.3 is 6.18 Å². The lowest BCUT2D eigenvalue weighted by molar-refractivity contribution is -0.140. The molecule has 0 bridgehead atoms. The van der Waals surface area contributed by atoms with Gasteiger partial charge in [-0.3, -0.25) is 9.89 Å². The van der Waals surface area contributed by atoms with E-state index < -0.39 is 23.1 Å². The second kappa shape index (κ2) is 6.51. The molecule has 3 heterocycles. The van der Waals surface area contributed by atoms with Gasteiger partial charge in [0.05, 0.1) is 11.3 Å². The highest BCUT2D eigenvalue weighted by molar-refractivity contribution is 7.17. The molecule has 0 saturated carbocycles. The van der Waals surface area contributed by atoms with Crippen LogP contribution >= 0.6 is 11.3 Å². The molecule has 4 rings (SSSR count). The van der Waals surface area contributed by atoms with Crippen LogP contribution in [-0.4, -0.2) is 24.6 Å². The average Bonchev–Trinajstić information content (AvgIpc) is 3.22. The smallest absolute Gasteiger partial charge is 0.269 e. The number of aromatic nitrogens is 5. The molecule has 0 saturated heterocycles. The Balaban J connectivity index is 1.80. The van der Waals surface area contributed by atoms with Crippen molar-refractivity contribution in [1.82, 2.24) is 24.6 Å². The van der Waals surface area contributed by atoms with Crippen molar-refractivity contribution in [2.24, 2.45) is 0 Å². The highest BCUT2D eigenvalue weighted by atomic mass is 32.1. The van der Waals surface area contributed by atoms with E-state index in [0.29, 0.717) is 22.5 Å². The van der Waals surface area contributed by atoms with Gasteiger partial charge in [0.15, 0.2) is 10.8 Å². The molecule has 11 heteroatoms. The Bertz CT molecular complexity index is 1230. The summed E-state index contributed by atoms with van der Waals surface area (Å²) in [6.07, 6.45) is -3.73. The van der Waals surface area contributed by atoms with Crippen LogP contribution in [0.2, 0.25) is 0 Å². The highest BCUT2D eigenvalue weighted by Gasteiger charge is 2.34. The van der Waals surface area contributed by atoms with E-state index in [1.54, 1.807) is 6.92 Å². The van der Waals surface area contributed by atoms with Crippen molar-refractivity contribution in [3.63, 3.8) is 0 Å². The van der Waals surface area contributed by atoms with Crippen LogP contribution in [0.1, 0.15) is 21.7 Å². The zero-order chi connectivity index (χ0) is 20.1. The molecular formula is C17H11F4N5OS. The van der Waals surface area contributed by atoms with Crippen molar-refractivity contribution in [1.29, 1.82) is 0 Å². The van der Waals surface area contributed by atoms with Crippen LogP contribution in [0.4, 0.5) is 17.6 Å². The van der Waals surface area contributed by atoms with E-state index in [4.69, 9.17) is 0 Å². The van der Waals surface area contributed by atoms with Gasteiger partial charge in [-0.05, 0) is 18.6 Å². The lowest BCUT2D eigenvalue weighted by atomic mass is 10.0. The Morgan fingerprint density at radius 2 is 2.07 bits per heavy atom. The van der Waals surface area contributed by atoms with Crippen molar-refractivity contribution >= 4 is 16.3 Å². The molecular weight excluding hydrogens is 398 g/mol. The first-order valence-electron chi connectivity index (χ1n) is 7.98. The third-order valence-corrected chi connectivity index (χ3v) is 5.09. The first kappa shape index (κ1) is 18.3. The number of nitrogens with zero attached hydrogens (tertiary/aromatic N) is 4. The van der Waals surface area contributed by atoms with E-state index in [9.17, 15) is 22.4 Å². The normalized spacial score (nSPS) is 12.0. The highest BCUT2D eigenvalue weighted by Crippen LogP contribution is 2.33. The molecule has 1 aromatic carbocycles. The maximum Gasteiger partial charge on any atom is 0.419 e. The monoisotopic (exact) mass is 409 g/mol. The Hall–Kier alpha value is -3.08. The topological polar surface area (TPSA) is 75.9 Å². The fourth-order valence-electron chi connectivity index (χ4n) is 2.94. The van der Waals surface area contributed by atoms with Crippen molar-refractivity contribution in [3.8, 4) is 11.5 Å². The number of H-pyrrole nitrogens is 1. The number of fused-ring (bicyclic) bond motifs is 1. The first-order chi connectivity index (χ1) is 13.3. The number of halogens is 4. The van der Waals surface area contributed by atoms with E-state index in [-0.39, 0.29) is 17.7 Å².